The molecule has 0 saturated carbocycles. The predicted molar refractivity (Wildman–Crippen MR) is 91.5 cm³/mol. The Bertz CT molecular complexity index is 338. The molecule has 0 N–H and O–H groups in total. The third-order valence-corrected chi connectivity index (χ3v) is 4.25. The fourth-order valence-electron chi connectivity index (χ4n) is 2.33. The summed E-state index contributed by atoms with van der Waals surface area (Å²) in [6, 6.07) is 8.06. The van der Waals surface area contributed by atoms with E-state index in [1.54, 1.807) is 0 Å². The van der Waals surface area contributed by atoms with Crippen LogP contribution in [0.5, 0.6) is 5.75 Å². The Hall–Kier alpha value is -0.500. The molecule has 114 valence electrons. The van der Waals surface area contributed by atoms with Crippen molar-refractivity contribution in [1.82, 2.24) is 0 Å². The molecule has 0 saturated heterocycles. The molecule has 0 aliphatic heterocycles. The van der Waals surface area contributed by atoms with Crippen molar-refractivity contribution < 1.29 is 4.74 Å². The van der Waals surface area contributed by atoms with E-state index >= 15 is 0 Å². The van der Waals surface area contributed by atoms with E-state index in [0.717, 1.165) is 23.2 Å². The summed E-state index contributed by atoms with van der Waals surface area (Å²) in [6.07, 6.45) is 13.6. The van der Waals surface area contributed by atoms with Gasteiger partial charge in [0.05, 0.1) is 11.1 Å². The average Bonchev–Trinajstić information content (AvgIpc) is 2.46. The van der Waals surface area contributed by atoms with Gasteiger partial charge in [-0.25, -0.2) is 0 Å². The summed E-state index contributed by atoms with van der Waals surface area (Å²) in [4.78, 5) is 0. The van der Waals surface area contributed by atoms with Gasteiger partial charge in [-0.2, -0.15) is 0 Å². The van der Waals surface area contributed by atoms with Crippen LogP contribution in [-0.2, 0) is 0 Å². The van der Waals surface area contributed by atoms with Crippen LogP contribution < -0.4 is 4.74 Å². The molecule has 1 rings (SSSR count). The maximum Gasteiger partial charge on any atom is 0.133 e. The van der Waals surface area contributed by atoms with Gasteiger partial charge in [-0.3, -0.25) is 0 Å². The third kappa shape index (κ3) is 8.63. The fraction of sp³-hybridized carbons (Fsp3) is 0.667. The van der Waals surface area contributed by atoms with Gasteiger partial charge in [0.25, 0.3) is 0 Å². The lowest BCUT2D eigenvalue weighted by molar-refractivity contribution is 0.302. The van der Waals surface area contributed by atoms with Gasteiger partial charge in [-0.15, -0.1) is 0 Å². The summed E-state index contributed by atoms with van der Waals surface area (Å²) in [5.41, 5.74) is 0. The van der Waals surface area contributed by atoms with Crippen LogP contribution in [-0.4, -0.2) is 6.61 Å². The van der Waals surface area contributed by atoms with E-state index in [9.17, 15) is 0 Å². The molecule has 0 heterocycles. The van der Waals surface area contributed by atoms with Crippen molar-refractivity contribution in [3.05, 3.63) is 28.7 Å². The highest BCUT2D eigenvalue weighted by atomic mass is 79.9. The summed E-state index contributed by atoms with van der Waals surface area (Å²) >= 11 is 3.50. The van der Waals surface area contributed by atoms with Gasteiger partial charge >= 0.3 is 0 Å². The molecule has 0 unspecified atom stereocenters. The molecule has 1 nitrogen and oxygen atoms in total. The quantitative estimate of drug-likeness (QED) is 0.382. The lowest BCUT2D eigenvalue weighted by atomic mass is 10.1. The highest BCUT2D eigenvalue weighted by Crippen LogP contribution is 2.24. The fourth-order valence-corrected chi connectivity index (χ4v) is 2.73. The number of ether oxygens (including phenoxy) is 1. The Balaban J connectivity index is 1.87. The van der Waals surface area contributed by atoms with Crippen molar-refractivity contribution in [1.29, 1.82) is 0 Å². The van der Waals surface area contributed by atoms with Crippen molar-refractivity contribution >= 4 is 15.9 Å². The molecule has 0 aliphatic rings. The normalized spacial score (nSPS) is 10.7. The van der Waals surface area contributed by atoms with Crippen LogP contribution in [0, 0.1) is 0 Å². The number of rotatable bonds is 12. The van der Waals surface area contributed by atoms with Gasteiger partial charge in [-0.1, -0.05) is 76.8 Å². The van der Waals surface area contributed by atoms with Gasteiger partial charge in [0.15, 0.2) is 0 Å². The highest BCUT2D eigenvalue weighted by molar-refractivity contribution is 9.10. The Morgan fingerprint density at radius 1 is 0.800 bits per heavy atom. The molecule has 0 radical (unpaired) electrons. The minimum absolute atomic E-state index is 0.832. The van der Waals surface area contributed by atoms with Crippen molar-refractivity contribution in [3.63, 3.8) is 0 Å². The van der Waals surface area contributed by atoms with Crippen LogP contribution in [0.25, 0.3) is 0 Å². The molecular formula is C18H29BrO. The van der Waals surface area contributed by atoms with Gasteiger partial charge in [0, 0.05) is 0 Å². The zero-order chi connectivity index (χ0) is 14.5. The van der Waals surface area contributed by atoms with E-state index in [1.807, 2.05) is 24.3 Å². The maximum atomic E-state index is 5.76. The lowest BCUT2D eigenvalue weighted by Crippen LogP contribution is -1.97. The van der Waals surface area contributed by atoms with Crippen LogP contribution in [0.4, 0.5) is 0 Å². The summed E-state index contributed by atoms with van der Waals surface area (Å²) in [5, 5.41) is 0. The van der Waals surface area contributed by atoms with E-state index in [2.05, 4.69) is 22.9 Å². The van der Waals surface area contributed by atoms with Crippen molar-refractivity contribution in [2.75, 3.05) is 6.61 Å². The molecule has 0 atom stereocenters. The Morgan fingerprint density at radius 3 is 1.95 bits per heavy atom. The molecule has 2 heteroatoms. The number of benzene rings is 1. The zero-order valence-corrected chi connectivity index (χ0v) is 14.5. The molecule has 0 spiro atoms. The first-order valence-corrected chi connectivity index (χ1v) is 9.01. The molecule has 0 aliphatic carbocycles. The first kappa shape index (κ1) is 17.6. The average molecular weight is 341 g/mol. The number of hydrogen-bond acceptors (Lipinski definition) is 1. The molecular weight excluding hydrogens is 312 g/mol. The van der Waals surface area contributed by atoms with Gasteiger partial charge in [0.1, 0.15) is 5.75 Å². The van der Waals surface area contributed by atoms with Crippen LogP contribution in [0.15, 0.2) is 28.7 Å². The lowest BCUT2D eigenvalue weighted by Gasteiger charge is -2.07. The summed E-state index contributed by atoms with van der Waals surface area (Å²) in [5.74, 6) is 0.962. The maximum absolute atomic E-state index is 5.76. The number of halogens is 1. The summed E-state index contributed by atoms with van der Waals surface area (Å²) in [7, 11) is 0. The first-order valence-electron chi connectivity index (χ1n) is 8.22. The van der Waals surface area contributed by atoms with Crippen LogP contribution in [0.1, 0.15) is 71.1 Å². The van der Waals surface area contributed by atoms with Gasteiger partial charge < -0.3 is 4.74 Å². The van der Waals surface area contributed by atoms with Gasteiger partial charge in [-0.05, 0) is 34.5 Å². The topological polar surface area (TPSA) is 9.23 Å². The molecule has 0 amide bonds. The zero-order valence-electron chi connectivity index (χ0n) is 12.9. The smallest absolute Gasteiger partial charge is 0.133 e. The monoisotopic (exact) mass is 340 g/mol. The second-order valence-corrected chi connectivity index (χ2v) is 6.32. The first-order chi connectivity index (χ1) is 9.84. The minimum Gasteiger partial charge on any atom is -0.492 e. The van der Waals surface area contributed by atoms with E-state index in [-0.39, 0.29) is 0 Å². The number of para-hydroxylation sites is 1. The number of hydrogen-bond donors (Lipinski definition) is 0. The van der Waals surface area contributed by atoms with E-state index in [4.69, 9.17) is 4.74 Å². The second kappa shape index (κ2) is 12.3. The summed E-state index contributed by atoms with van der Waals surface area (Å²) < 4.78 is 6.81. The van der Waals surface area contributed by atoms with E-state index in [0.29, 0.717) is 0 Å². The minimum atomic E-state index is 0.832. The Labute approximate surface area is 133 Å². The van der Waals surface area contributed by atoms with Crippen LogP contribution >= 0.6 is 15.9 Å². The summed E-state index contributed by atoms with van der Waals surface area (Å²) in [6.45, 7) is 3.11. The van der Waals surface area contributed by atoms with Crippen LogP contribution in [0.3, 0.4) is 0 Å². The van der Waals surface area contributed by atoms with E-state index < -0.39 is 0 Å². The van der Waals surface area contributed by atoms with E-state index in [1.165, 1.54) is 57.8 Å². The molecule has 1 aromatic rings. The molecule has 0 fully saturated rings. The highest BCUT2D eigenvalue weighted by Gasteiger charge is 1.98. The molecule has 20 heavy (non-hydrogen) atoms. The molecule has 0 aromatic heterocycles. The third-order valence-electron chi connectivity index (χ3n) is 3.59. The van der Waals surface area contributed by atoms with Crippen molar-refractivity contribution in [3.8, 4) is 5.75 Å². The van der Waals surface area contributed by atoms with Gasteiger partial charge in [0.2, 0.25) is 0 Å². The van der Waals surface area contributed by atoms with Crippen molar-refractivity contribution in [2.45, 2.75) is 71.1 Å². The van der Waals surface area contributed by atoms with Crippen LogP contribution in [0.2, 0.25) is 0 Å². The van der Waals surface area contributed by atoms with Crippen molar-refractivity contribution in [2.24, 2.45) is 0 Å². The predicted octanol–water partition coefficient (Wildman–Crippen LogP) is 6.75. The standard InChI is InChI=1S/C18H29BrO/c1-2-3-4-5-6-7-8-9-10-13-16-20-18-15-12-11-14-17(18)19/h11-12,14-15H,2-10,13,16H2,1H3. The second-order valence-electron chi connectivity index (χ2n) is 5.46. The molecule has 1 aromatic carbocycles. The number of unbranched alkanes of at least 4 members (excludes halogenated alkanes) is 9. The Kier molecular flexibility index (Phi) is 10.8. The Morgan fingerprint density at radius 2 is 1.35 bits per heavy atom. The SMILES string of the molecule is CCCCCCCCCCCCOc1ccccc1Br. The molecule has 0 bridgehead atoms. The largest absolute Gasteiger partial charge is 0.492 e.